The van der Waals surface area contributed by atoms with Gasteiger partial charge in [-0.05, 0) is 0 Å². The summed E-state index contributed by atoms with van der Waals surface area (Å²) < 4.78 is 0. The van der Waals surface area contributed by atoms with Crippen LogP contribution in [0.25, 0.3) is 0 Å². The maximum atomic E-state index is 10.6. The van der Waals surface area contributed by atoms with Gasteiger partial charge in [-0.15, -0.1) is 0 Å². The van der Waals surface area contributed by atoms with Crippen molar-refractivity contribution in [2.75, 3.05) is 6.54 Å². The SMILES string of the molecule is CCC(=O)NCCC(=O)NO. The van der Waals surface area contributed by atoms with Gasteiger partial charge in [-0.2, -0.15) is 0 Å². The van der Waals surface area contributed by atoms with Crippen LogP contribution in [0.2, 0.25) is 0 Å². The maximum Gasteiger partial charge on any atom is 0.245 e. The standard InChI is InChI=1S/C6H12N2O3/c1-2-5(9)7-4-3-6(10)8-11/h11H,2-4H2,1H3,(H,7,9)(H,8,10). The molecular weight excluding hydrogens is 148 g/mol. The van der Waals surface area contributed by atoms with E-state index in [1.165, 1.54) is 5.48 Å². The molecule has 0 aliphatic carbocycles. The molecule has 0 aromatic carbocycles. The lowest BCUT2D eigenvalue weighted by Crippen LogP contribution is -2.28. The Balaban J connectivity index is 3.27. The van der Waals surface area contributed by atoms with Crippen LogP contribution in [0, 0.1) is 0 Å². The number of amides is 2. The lowest BCUT2D eigenvalue weighted by molar-refractivity contribution is -0.129. The fourth-order valence-electron chi connectivity index (χ4n) is 0.496. The Morgan fingerprint density at radius 1 is 1.36 bits per heavy atom. The molecule has 3 N–H and O–H groups in total. The molecule has 0 saturated carbocycles. The van der Waals surface area contributed by atoms with E-state index >= 15 is 0 Å². The second-order valence-corrected chi connectivity index (χ2v) is 1.99. The van der Waals surface area contributed by atoms with Gasteiger partial charge in [-0.3, -0.25) is 14.8 Å². The molecule has 0 aromatic heterocycles. The Morgan fingerprint density at radius 3 is 2.45 bits per heavy atom. The van der Waals surface area contributed by atoms with Crippen LogP contribution in [0.15, 0.2) is 0 Å². The molecule has 0 heterocycles. The number of nitrogens with one attached hydrogen (secondary N) is 2. The summed E-state index contributed by atoms with van der Waals surface area (Å²) in [5.74, 6) is -0.600. The molecule has 11 heavy (non-hydrogen) atoms. The van der Waals surface area contributed by atoms with Gasteiger partial charge in [-0.25, -0.2) is 5.48 Å². The van der Waals surface area contributed by atoms with Gasteiger partial charge in [0.05, 0.1) is 0 Å². The van der Waals surface area contributed by atoms with Crippen molar-refractivity contribution < 1.29 is 14.8 Å². The molecule has 0 saturated heterocycles. The van der Waals surface area contributed by atoms with E-state index in [9.17, 15) is 9.59 Å². The molecule has 0 aliphatic rings. The van der Waals surface area contributed by atoms with Crippen molar-refractivity contribution in [1.29, 1.82) is 0 Å². The van der Waals surface area contributed by atoms with Gasteiger partial charge < -0.3 is 5.32 Å². The molecule has 5 nitrogen and oxygen atoms in total. The van der Waals surface area contributed by atoms with Crippen LogP contribution < -0.4 is 10.8 Å². The first-order valence-corrected chi connectivity index (χ1v) is 3.40. The summed E-state index contributed by atoms with van der Waals surface area (Å²) >= 11 is 0. The van der Waals surface area contributed by atoms with Crippen LogP contribution in [0.3, 0.4) is 0 Å². The van der Waals surface area contributed by atoms with E-state index in [2.05, 4.69) is 5.32 Å². The van der Waals surface area contributed by atoms with E-state index in [1.54, 1.807) is 6.92 Å². The third-order valence-corrected chi connectivity index (χ3v) is 1.12. The molecule has 0 unspecified atom stereocenters. The molecule has 2 amide bonds. The summed E-state index contributed by atoms with van der Waals surface area (Å²) in [5, 5.41) is 10.5. The largest absolute Gasteiger partial charge is 0.356 e. The third kappa shape index (κ3) is 5.35. The van der Waals surface area contributed by atoms with Crippen LogP contribution in [0.5, 0.6) is 0 Å². The van der Waals surface area contributed by atoms with Crippen molar-refractivity contribution >= 4 is 11.8 Å². The number of carbonyl (C=O) groups excluding carboxylic acids is 2. The zero-order valence-electron chi connectivity index (χ0n) is 6.39. The Bertz CT molecular complexity index is 131. The van der Waals surface area contributed by atoms with Gasteiger partial charge in [0.1, 0.15) is 0 Å². The van der Waals surface area contributed by atoms with Gasteiger partial charge in [0, 0.05) is 19.4 Å². The van der Waals surface area contributed by atoms with Gasteiger partial charge in [0.25, 0.3) is 0 Å². The van der Waals surface area contributed by atoms with Crippen LogP contribution in [0.4, 0.5) is 0 Å². The summed E-state index contributed by atoms with van der Waals surface area (Å²) in [6, 6.07) is 0. The molecular formula is C6H12N2O3. The average Bonchev–Trinajstić information content (AvgIpc) is 2.04. The fourth-order valence-corrected chi connectivity index (χ4v) is 0.496. The molecule has 0 spiro atoms. The van der Waals surface area contributed by atoms with E-state index in [0.717, 1.165) is 0 Å². The second-order valence-electron chi connectivity index (χ2n) is 1.99. The lowest BCUT2D eigenvalue weighted by atomic mass is 10.4. The van der Waals surface area contributed by atoms with E-state index in [0.29, 0.717) is 6.42 Å². The third-order valence-electron chi connectivity index (χ3n) is 1.12. The van der Waals surface area contributed by atoms with Crippen molar-refractivity contribution in [3.05, 3.63) is 0 Å². The molecule has 0 aliphatic heterocycles. The quantitative estimate of drug-likeness (QED) is 0.380. The van der Waals surface area contributed by atoms with Crippen LogP contribution in [-0.4, -0.2) is 23.6 Å². The number of rotatable bonds is 4. The number of hydrogen-bond donors (Lipinski definition) is 3. The Labute approximate surface area is 64.7 Å². The second kappa shape index (κ2) is 5.67. The van der Waals surface area contributed by atoms with Crippen molar-refractivity contribution in [3.63, 3.8) is 0 Å². The minimum absolute atomic E-state index is 0.0994. The first kappa shape index (κ1) is 9.90. The number of hydroxylamine groups is 1. The van der Waals surface area contributed by atoms with Gasteiger partial charge in [-0.1, -0.05) is 6.92 Å². The highest BCUT2D eigenvalue weighted by molar-refractivity contribution is 5.78. The molecule has 0 aromatic rings. The Morgan fingerprint density at radius 2 is 2.00 bits per heavy atom. The minimum atomic E-state index is -0.499. The van der Waals surface area contributed by atoms with E-state index < -0.39 is 5.91 Å². The fraction of sp³-hybridized carbons (Fsp3) is 0.667. The summed E-state index contributed by atoms with van der Waals surface area (Å²) in [6.07, 6.45) is 0.503. The smallest absolute Gasteiger partial charge is 0.245 e. The Kier molecular flexibility index (Phi) is 5.10. The zero-order chi connectivity index (χ0) is 8.69. The highest BCUT2D eigenvalue weighted by Crippen LogP contribution is 1.78. The molecule has 0 atom stereocenters. The molecule has 5 heteroatoms. The van der Waals surface area contributed by atoms with Gasteiger partial charge in [0.15, 0.2) is 0 Å². The number of hydrogen-bond acceptors (Lipinski definition) is 3. The van der Waals surface area contributed by atoms with E-state index in [4.69, 9.17) is 5.21 Å². The van der Waals surface area contributed by atoms with Gasteiger partial charge >= 0.3 is 0 Å². The molecule has 0 bridgehead atoms. The summed E-state index contributed by atoms with van der Waals surface area (Å²) in [5.41, 5.74) is 1.47. The van der Waals surface area contributed by atoms with Crippen molar-refractivity contribution in [2.45, 2.75) is 19.8 Å². The van der Waals surface area contributed by atoms with Crippen molar-refractivity contribution in [2.24, 2.45) is 0 Å². The maximum absolute atomic E-state index is 10.6. The molecule has 64 valence electrons. The minimum Gasteiger partial charge on any atom is -0.356 e. The molecule has 0 rings (SSSR count). The average molecular weight is 160 g/mol. The zero-order valence-corrected chi connectivity index (χ0v) is 6.39. The highest BCUT2D eigenvalue weighted by Gasteiger charge is 1.99. The normalized spacial score (nSPS) is 8.91. The predicted molar refractivity (Wildman–Crippen MR) is 37.8 cm³/mol. The number of carbonyl (C=O) groups is 2. The topological polar surface area (TPSA) is 78.4 Å². The molecule has 0 fully saturated rings. The monoisotopic (exact) mass is 160 g/mol. The van der Waals surface area contributed by atoms with Crippen LogP contribution in [0.1, 0.15) is 19.8 Å². The van der Waals surface area contributed by atoms with Crippen molar-refractivity contribution in [1.82, 2.24) is 10.8 Å². The first-order valence-electron chi connectivity index (χ1n) is 3.40. The highest BCUT2D eigenvalue weighted by atomic mass is 16.5. The molecule has 0 radical (unpaired) electrons. The van der Waals surface area contributed by atoms with Crippen LogP contribution in [-0.2, 0) is 9.59 Å². The predicted octanol–water partition coefficient (Wildman–Crippen LogP) is -0.592. The van der Waals surface area contributed by atoms with Crippen LogP contribution >= 0.6 is 0 Å². The Hall–Kier alpha value is -1.10. The van der Waals surface area contributed by atoms with Gasteiger partial charge in [0.2, 0.25) is 11.8 Å². The van der Waals surface area contributed by atoms with Crippen molar-refractivity contribution in [3.8, 4) is 0 Å². The summed E-state index contributed by atoms with van der Waals surface area (Å²) in [6.45, 7) is 1.99. The lowest BCUT2D eigenvalue weighted by Gasteiger charge is -2.00. The van der Waals surface area contributed by atoms with E-state index in [-0.39, 0.29) is 18.9 Å². The summed E-state index contributed by atoms with van der Waals surface area (Å²) in [4.78, 5) is 20.9. The summed E-state index contributed by atoms with van der Waals surface area (Å²) in [7, 11) is 0. The van der Waals surface area contributed by atoms with E-state index in [1.807, 2.05) is 0 Å². The first-order chi connectivity index (χ1) is 5.20.